The molecule has 1 aliphatic rings. The number of amides is 2. The smallest absolute Gasteiger partial charge is 0.244 e. The lowest BCUT2D eigenvalue weighted by Crippen LogP contribution is -2.52. The monoisotopic (exact) mass is 537 g/mol. The van der Waals surface area contributed by atoms with Crippen LogP contribution in [-0.2, 0) is 26.2 Å². The van der Waals surface area contributed by atoms with Crippen molar-refractivity contribution >= 4 is 39.1 Å². The first-order chi connectivity index (χ1) is 17.2. The molecule has 0 aliphatic carbocycles. The molecule has 0 fully saturated rings. The number of nitrogens with one attached hydrogen (secondary N) is 1. The molecule has 2 amide bonds. The maximum absolute atomic E-state index is 13.7. The number of carbonyl (C=O) groups is 2. The molecular weight excluding hydrogens is 506 g/mol. The van der Waals surface area contributed by atoms with Crippen LogP contribution < -0.4 is 19.1 Å². The van der Waals surface area contributed by atoms with E-state index in [0.29, 0.717) is 35.1 Å². The second-order valence-electron chi connectivity index (χ2n) is 8.49. The Morgan fingerprint density at radius 1 is 1.11 bits per heavy atom. The molecule has 1 aliphatic heterocycles. The zero-order valence-corrected chi connectivity index (χ0v) is 22.3. The van der Waals surface area contributed by atoms with Crippen molar-refractivity contribution in [1.29, 1.82) is 0 Å². The number of nitrogens with zero attached hydrogens (tertiary/aromatic N) is 2. The Morgan fingerprint density at radius 3 is 2.50 bits per heavy atom. The highest BCUT2D eigenvalue weighted by molar-refractivity contribution is 7.92. The van der Waals surface area contributed by atoms with Crippen molar-refractivity contribution in [3.8, 4) is 11.5 Å². The molecule has 36 heavy (non-hydrogen) atoms. The average molecular weight is 538 g/mol. The number of ether oxygens (including phenoxy) is 2. The molecular formula is C25H32ClN3O6S. The van der Waals surface area contributed by atoms with Gasteiger partial charge in [0.15, 0.2) is 11.5 Å². The third kappa shape index (κ3) is 6.82. The highest BCUT2D eigenvalue weighted by Gasteiger charge is 2.32. The summed E-state index contributed by atoms with van der Waals surface area (Å²) < 4.78 is 37.1. The predicted molar refractivity (Wildman–Crippen MR) is 139 cm³/mol. The summed E-state index contributed by atoms with van der Waals surface area (Å²) in [6.45, 7) is 3.91. The van der Waals surface area contributed by atoms with Crippen LogP contribution >= 0.6 is 11.6 Å². The number of carbonyl (C=O) groups excluding carboxylic acids is 2. The number of rotatable bonds is 12. The van der Waals surface area contributed by atoms with E-state index in [0.717, 1.165) is 23.4 Å². The Kier molecular flexibility index (Phi) is 9.44. The minimum absolute atomic E-state index is 0.0352. The number of anilines is 1. The third-order valence-corrected chi connectivity index (χ3v) is 7.35. The van der Waals surface area contributed by atoms with Crippen molar-refractivity contribution in [2.24, 2.45) is 0 Å². The first kappa shape index (κ1) is 27.6. The van der Waals surface area contributed by atoms with Crippen LogP contribution in [0.1, 0.15) is 38.7 Å². The maximum atomic E-state index is 13.7. The quantitative estimate of drug-likeness (QED) is 0.415. The van der Waals surface area contributed by atoms with E-state index in [1.165, 1.54) is 11.0 Å². The van der Waals surface area contributed by atoms with E-state index in [2.05, 4.69) is 5.32 Å². The van der Waals surface area contributed by atoms with Crippen molar-refractivity contribution in [2.75, 3.05) is 30.4 Å². The molecule has 11 heteroatoms. The van der Waals surface area contributed by atoms with Gasteiger partial charge in [0.25, 0.3) is 0 Å². The van der Waals surface area contributed by atoms with Crippen LogP contribution in [0.3, 0.4) is 0 Å². The van der Waals surface area contributed by atoms with Crippen molar-refractivity contribution in [1.82, 2.24) is 10.2 Å². The largest absolute Gasteiger partial charge is 0.454 e. The van der Waals surface area contributed by atoms with Gasteiger partial charge < -0.3 is 19.7 Å². The standard InChI is InChI=1S/C25H32ClN3O6S/c1-4-6-13-27-25(31)21(5-2)28(15-18-9-7-8-10-20(18)26)24(30)16-29(36(3,32)33)19-11-12-22-23(14-19)35-17-34-22/h7-12,14,21H,4-6,13,15-17H2,1-3H3,(H,27,31)/t21-/m0/s1. The Bertz CT molecular complexity index is 1190. The van der Waals surface area contributed by atoms with Gasteiger partial charge >= 0.3 is 0 Å². The first-order valence-electron chi connectivity index (χ1n) is 11.8. The molecule has 3 rings (SSSR count). The van der Waals surface area contributed by atoms with Crippen LogP contribution in [0.25, 0.3) is 0 Å². The minimum Gasteiger partial charge on any atom is -0.454 e. The molecule has 0 spiro atoms. The summed E-state index contributed by atoms with van der Waals surface area (Å²) in [4.78, 5) is 28.1. The lowest BCUT2D eigenvalue weighted by molar-refractivity contribution is -0.140. The number of benzene rings is 2. The molecule has 9 nitrogen and oxygen atoms in total. The van der Waals surface area contributed by atoms with Crippen LogP contribution in [0.2, 0.25) is 5.02 Å². The molecule has 0 bridgehead atoms. The van der Waals surface area contributed by atoms with Gasteiger partial charge in [-0.1, -0.05) is 50.1 Å². The molecule has 2 aromatic rings. The summed E-state index contributed by atoms with van der Waals surface area (Å²) in [5.74, 6) is 0.0628. The van der Waals surface area contributed by atoms with Crippen LogP contribution in [-0.4, -0.2) is 57.3 Å². The molecule has 0 aromatic heterocycles. The fraction of sp³-hybridized carbons (Fsp3) is 0.440. The predicted octanol–water partition coefficient (Wildman–Crippen LogP) is 3.56. The number of unbranched alkanes of at least 4 members (excludes halogenated alkanes) is 1. The minimum atomic E-state index is -3.85. The first-order valence-corrected chi connectivity index (χ1v) is 14.1. The summed E-state index contributed by atoms with van der Waals surface area (Å²) in [6, 6.07) is 10.9. The fourth-order valence-electron chi connectivity index (χ4n) is 3.89. The normalized spacial score (nSPS) is 13.2. The maximum Gasteiger partial charge on any atom is 0.244 e. The summed E-state index contributed by atoms with van der Waals surface area (Å²) in [7, 11) is -3.85. The van der Waals surface area contributed by atoms with Gasteiger partial charge in [0, 0.05) is 24.2 Å². The van der Waals surface area contributed by atoms with E-state index in [4.69, 9.17) is 21.1 Å². The molecule has 1 N–H and O–H groups in total. The lowest BCUT2D eigenvalue weighted by atomic mass is 10.1. The summed E-state index contributed by atoms with van der Waals surface area (Å²) in [6.07, 6.45) is 3.10. The zero-order chi connectivity index (χ0) is 26.3. The van der Waals surface area contributed by atoms with Gasteiger partial charge in [-0.05, 0) is 36.6 Å². The average Bonchev–Trinajstić information content (AvgIpc) is 3.31. The lowest BCUT2D eigenvalue weighted by Gasteiger charge is -2.33. The van der Waals surface area contributed by atoms with Crippen molar-refractivity contribution in [2.45, 2.75) is 45.7 Å². The summed E-state index contributed by atoms with van der Waals surface area (Å²) in [5.41, 5.74) is 0.912. The Labute approximate surface area is 217 Å². The molecule has 0 saturated heterocycles. The number of fused-ring (bicyclic) bond motifs is 1. The van der Waals surface area contributed by atoms with Crippen LogP contribution in [0.15, 0.2) is 42.5 Å². The molecule has 0 radical (unpaired) electrons. The Balaban J connectivity index is 1.93. The van der Waals surface area contributed by atoms with Crippen LogP contribution in [0, 0.1) is 0 Å². The second-order valence-corrected chi connectivity index (χ2v) is 10.8. The number of hydrogen-bond donors (Lipinski definition) is 1. The van der Waals surface area contributed by atoms with Gasteiger partial charge in [0.05, 0.1) is 11.9 Å². The molecule has 196 valence electrons. The molecule has 0 unspecified atom stereocenters. The van der Waals surface area contributed by atoms with Crippen molar-refractivity contribution in [3.05, 3.63) is 53.1 Å². The van der Waals surface area contributed by atoms with Gasteiger partial charge in [-0.3, -0.25) is 13.9 Å². The van der Waals surface area contributed by atoms with Crippen LogP contribution in [0.4, 0.5) is 5.69 Å². The van der Waals surface area contributed by atoms with Gasteiger partial charge in [-0.2, -0.15) is 0 Å². The van der Waals surface area contributed by atoms with E-state index in [1.807, 2.05) is 13.8 Å². The molecule has 1 heterocycles. The van der Waals surface area contributed by atoms with E-state index in [9.17, 15) is 18.0 Å². The summed E-state index contributed by atoms with van der Waals surface area (Å²) in [5, 5.41) is 3.34. The third-order valence-electron chi connectivity index (χ3n) is 5.84. The highest BCUT2D eigenvalue weighted by atomic mass is 35.5. The number of halogens is 1. The van der Waals surface area contributed by atoms with Gasteiger partial charge in [0.1, 0.15) is 12.6 Å². The van der Waals surface area contributed by atoms with E-state index < -0.39 is 28.5 Å². The Hall–Kier alpha value is -2.98. The topological polar surface area (TPSA) is 105 Å². The highest BCUT2D eigenvalue weighted by Crippen LogP contribution is 2.36. The van der Waals surface area contributed by atoms with Gasteiger partial charge in [0.2, 0.25) is 28.6 Å². The number of sulfonamides is 1. The molecule has 0 saturated carbocycles. The second kappa shape index (κ2) is 12.3. The van der Waals surface area contributed by atoms with Gasteiger partial charge in [-0.15, -0.1) is 0 Å². The van der Waals surface area contributed by atoms with E-state index in [1.54, 1.807) is 36.4 Å². The fourth-order valence-corrected chi connectivity index (χ4v) is 4.93. The van der Waals surface area contributed by atoms with E-state index in [-0.39, 0.29) is 24.9 Å². The van der Waals surface area contributed by atoms with Crippen LogP contribution in [0.5, 0.6) is 11.5 Å². The molecule has 2 aromatic carbocycles. The van der Waals surface area contributed by atoms with Crippen molar-refractivity contribution < 1.29 is 27.5 Å². The van der Waals surface area contributed by atoms with Gasteiger partial charge in [-0.25, -0.2) is 8.42 Å². The number of hydrogen-bond acceptors (Lipinski definition) is 6. The van der Waals surface area contributed by atoms with E-state index >= 15 is 0 Å². The molecule has 1 atom stereocenters. The van der Waals surface area contributed by atoms with Crippen molar-refractivity contribution in [3.63, 3.8) is 0 Å². The SMILES string of the molecule is CCCCNC(=O)[C@H](CC)N(Cc1ccccc1Cl)C(=O)CN(c1ccc2c(c1)OCO2)S(C)(=O)=O. The zero-order valence-electron chi connectivity index (χ0n) is 20.7. The Morgan fingerprint density at radius 2 is 1.83 bits per heavy atom. The summed E-state index contributed by atoms with van der Waals surface area (Å²) >= 11 is 6.36.